The molecule has 2 rings (SSSR count). The van der Waals surface area contributed by atoms with Crippen molar-refractivity contribution >= 4 is 17.3 Å². The minimum Gasteiger partial charge on any atom is -0.384 e. The number of hydrogen-bond acceptors (Lipinski definition) is 2. The minimum atomic E-state index is -4.35. The molecular formula is C14H18ClF3N2. The summed E-state index contributed by atoms with van der Waals surface area (Å²) in [4.78, 5) is 2.28. The number of halogens is 4. The topological polar surface area (TPSA) is 15.3 Å². The van der Waals surface area contributed by atoms with Crippen LogP contribution in [0.25, 0.3) is 0 Å². The van der Waals surface area contributed by atoms with Gasteiger partial charge in [0.15, 0.2) is 0 Å². The van der Waals surface area contributed by atoms with E-state index in [1.807, 2.05) is 0 Å². The summed E-state index contributed by atoms with van der Waals surface area (Å²) in [7, 11) is 2.09. The molecule has 0 bridgehead atoms. The molecule has 1 aliphatic heterocycles. The molecule has 1 heterocycles. The van der Waals surface area contributed by atoms with Gasteiger partial charge in [0.2, 0.25) is 0 Å². The lowest BCUT2D eigenvalue weighted by atomic mass is 9.97. The monoisotopic (exact) mass is 306 g/mol. The minimum absolute atomic E-state index is 0.118. The zero-order valence-electron chi connectivity index (χ0n) is 11.3. The van der Waals surface area contributed by atoms with Gasteiger partial charge in [0, 0.05) is 6.54 Å². The first kappa shape index (κ1) is 15.4. The fraction of sp³-hybridized carbons (Fsp3) is 0.571. The number of hydrogen-bond donors (Lipinski definition) is 1. The number of likely N-dealkylation sites (tertiary alicyclic amines) is 1. The Hall–Kier alpha value is -0.940. The number of nitrogens with zero attached hydrogens (tertiary/aromatic N) is 1. The van der Waals surface area contributed by atoms with Gasteiger partial charge in [-0.2, -0.15) is 13.2 Å². The number of benzene rings is 1. The molecule has 1 aliphatic rings. The standard InChI is InChI=1S/C14H18ClF3N2/c1-20-6-4-10(5-7-20)9-19-13-3-2-11(8-12(13)15)14(16,17)18/h2-3,8,10,19H,4-7,9H2,1H3. The van der Waals surface area contributed by atoms with Gasteiger partial charge in [0.1, 0.15) is 0 Å². The number of piperidine rings is 1. The van der Waals surface area contributed by atoms with E-state index in [-0.39, 0.29) is 5.02 Å². The highest BCUT2D eigenvalue weighted by atomic mass is 35.5. The molecule has 0 atom stereocenters. The number of nitrogens with one attached hydrogen (secondary N) is 1. The second-order valence-corrected chi connectivity index (χ2v) is 5.73. The molecular weight excluding hydrogens is 289 g/mol. The van der Waals surface area contributed by atoms with Gasteiger partial charge >= 0.3 is 6.18 Å². The van der Waals surface area contributed by atoms with E-state index in [1.165, 1.54) is 6.07 Å². The van der Waals surface area contributed by atoms with Crippen molar-refractivity contribution in [3.63, 3.8) is 0 Å². The molecule has 0 amide bonds. The maximum Gasteiger partial charge on any atom is 0.416 e. The van der Waals surface area contributed by atoms with Crippen LogP contribution in [0.4, 0.5) is 18.9 Å². The lowest BCUT2D eigenvalue weighted by molar-refractivity contribution is -0.137. The molecule has 6 heteroatoms. The third-order valence-corrected chi connectivity index (χ3v) is 4.03. The molecule has 2 nitrogen and oxygen atoms in total. The molecule has 1 fully saturated rings. The summed E-state index contributed by atoms with van der Waals surface area (Å²) >= 11 is 5.91. The third kappa shape index (κ3) is 4.03. The highest BCUT2D eigenvalue weighted by Crippen LogP contribution is 2.33. The largest absolute Gasteiger partial charge is 0.416 e. The maximum absolute atomic E-state index is 12.5. The van der Waals surface area contributed by atoms with Crippen molar-refractivity contribution in [1.29, 1.82) is 0 Å². The van der Waals surface area contributed by atoms with Gasteiger partial charge in [-0.05, 0) is 57.1 Å². The van der Waals surface area contributed by atoms with Crippen molar-refractivity contribution in [2.45, 2.75) is 19.0 Å². The van der Waals surface area contributed by atoms with E-state index in [0.29, 0.717) is 11.6 Å². The highest BCUT2D eigenvalue weighted by Gasteiger charge is 2.30. The number of rotatable bonds is 3. The van der Waals surface area contributed by atoms with Crippen molar-refractivity contribution in [2.75, 3.05) is 32.0 Å². The number of alkyl halides is 3. The van der Waals surface area contributed by atoms with Gasteiger partial charge in [0.05, 0.1) is 16.3 Å². The number of anilines is 1. The van der Waals surface area contributed by atoms with Gasteiger partial charge in [-0.15, -0.1) is 0 Å². The average molecular weight is 307 g/mol. The van der Waals surface area contributed by atoms with Crippen LogP contribution in [0.2, 0.25) is 5.02 Å². The molecule has 0 aromatic heterocycles. The summed E-state index contributed by atoms with van der Waals surface area (Å²) in [5.41, 5.74) is -0.147. The molecule has 0 aliphatic carbocycles. The van der Waals surface area contributed by atoms with Gasteiger partial charge in [-0.1, -0.05) is 11.6 Å². The smallest absolute Gasteiger partial charge is 0.384 e. The van der Waals surface area contributed by atoms with Crippen LogP contribution in [0, 0.1) is 5.92 Å². The fourth-order valence-electron chi connectivity index (χ4n) is 2.36. The molecule has 1 saturated heterocycles. The van der Waals surface area contributed by atoms with Crippen LogP contribution in [-0.2, 0) is 6.18 Å². The molecule has 1 N–H and O–H groups in total. The second-order valence-electron chi connectivity index (χ2n) is 5.32. The van der Waals surface area contributed by atoms with Gasteiger partial charge in [-0.25, -0.2) is 0 Å². The van der Waals surface area contributed by atoms with Crippen molar-refractivity contribution in [1.82, 2.24) is 4.90 Å². The fourth-order valence-corrected chi connectivity index (χ4v) is 2.60. The van der Waals surface area contributed by atoms with Crippen LogP contribution >= 0.6 is 11.6 Å². The average Bonchev–Trinajstić information content (AvgIpc) is 2.38. The van der Waals surface area contributed by atoms with Gasteiger partial charge in [0.25, 0.3) is 0 Å². The quantitative estimate of drug-likeness (QED) is 0.904. The summed E-state index contributed by atoms with van der Waals surface area (Å²) in [5, 5.41) is 3.28. The van der Waals surface area contributed by atoms with Crippen LogP contribution in [0.1, 0.15) is 18.4 Å². The first-order chi connectivity index (χ1) is 9.36. The van der Waals surface area contributed by atoms with E-state index in [0.717, 1.165) is 44.6 Å². The van der Waals surface area contributed by atoms with Crippen LogP contribution < -0.4 is 5.32 Å². The van der Waals surface area contributed by atoms with Crippen LogP contribution in [0.3, 0.4) is 0 Å². The Morgan fingerprint density at radius 3 is 2.50 bits per heavy atom. The Morgan fingerprint density at radius 1 is 1.30 bits per heavy atom. The van der Waals surface area contributed by atoms with Crippen molar-refractivity contribution in [2.24, 2.45) is 5.92 Å². The van der Waals surface area contributed by atoms with E-state index in [4.69, 9.17) is 11.6 Å². The van der Waals surface area contributed by atoms with E-state index in [9.17, 15) is 13.2 Å². The lowest BCUT2D eigenvalue weighted by Gasteiger charge is -2.29. The van der Waals surface area contributed by atoms with E-state index in [1.54, 1.807) is 0 Å². The molecule has 0 saturated carbocycles. The summed E-state index contributed by atoms with van der Waals surface area (Å²) < 4.78 is 37.6. The summed E-state index contributed by atoms with van der Waals surface area (Å²) in [6.45, 7) is 2.87. The molecule has 1 aromatic rings. The Bertz CT molecular complexity index is 454. The van der Waals surface area contributed by atoms with E-state index >= 15 is 0 Å². The van der Waals surface area contributed by atoms with Crippen LogP contribution in [0.5, 0.6) is 0 Å². The Labute approximate surface area is 121 Å². The summed E-state index contributed by atoms with van der Waals surface area (Å²) in [6, 6.07) is 3.43. The molecule has 0 radical (unpaired) electrons. The van der Waals surface area contributed by atoms with Crippen LogP contribution in [-0.4, -0.2) is 31.6 Å². The molecule has 0 unspecified atom stereocenters. The zero-order chi connectivity index (χ0) is 14.8. The van der Waals surface area contributed by atoms with Gasteiger partial charge < -0.3 is 10.2 Å². The lowest BCUT2D eigenvalue weighted by Crippen LogP contribution is -2.32. The SMILES string of the molecule is CN1CCC(CNc2ccc(C(F)(F)F)cc2Cl)CC1. The predicted molar refractivity (Wildman–Crippen MR) is 75.2 cm³/mol. The third-order valence-electron chi connectivity index (χ3n) is 3.72. The first-order valence-electron chi connectivity index (χ1n) is 6.65. The van der Waals surface area contributed by atoms with Crippen molar-refractivity contribution < 1.29 is 13.2 Å². The van der Waals surface area contributed by atoms with E-state index in [2.05, 4.69) is 17.3 Å². The zero-order valence-corrected chi connectivity index (χ0v) is 12.1. The molecule has 20 heavy (non-hydrogen) atoms. The Morgan fingerprint density at radius 2 is 1.95 bits per heavy atom. The normalized spacial score (nSPS) is 18.2. The molecule has 1 aromatic carbocycles. The Kier molecular flexibility index (Phi) is 4.81. The maximum atomic E-state index is 12.5. The van der Waals surface area contributed by atoms with Gasteiger partial charge in [-0.3, -0.25) is 0 Å². The summed E-state index contributed by atoms with van der Waals surface area (Å²) in [5.74, 6) is 0.546. The first-order valence-corrected chi connectivity index (χ1v) is 7.03. The second kappa shape index (κ2) is 6.22. The molecule has 112 valence electrons. The molecule has 0 spiro atoms. The summed E-state index contributed by atoms with van der Waals surface area (Å²) in [6.07, 6.45) is -2.15. The predicted octanol–water partition coefficient (Wildman–Crippen LogP) is 4.11. The van der Waals surface area contributed by atoms with Crippen LogP contribution in [0.15, 0.2) is 18.2 Å². The van der Waals surface area contributed by atoms with Crippen molar-refractivity contribution in [3.8, 4) is 0 Å². The van der Waals surface area contributed by atoms with Crippen molar-refractivity contribution in [3.05, 3.63) is 28.8 Å². The highest BCUT2D eigenvalue weighted by molar-refractivity contribution is 6.33. The Balaban J connectivity index is 1.93. The van der Waals surface area contributed by atoms with E-state index < -0.39 is 11.7 Å².